The van der Waals surface area contributed by atoms with Gasteiger partial charge in [-0.25, -0.2) is 5.43 Å². The summed E-state index contributed by atoms with van der Waals surface area (Å²) in [6, 6.07) is 0. The Labute approximate surface area is 96.7 Å². The molecule has 88 valence electrons. The van der Waals surface area contributed by atoms with Crippen molar-refractivity contribution in [1.82, 2.24) is 5.43 Å². The summed E-state index contributed by atoms with van der Waals surface area (Å²) >= 11 is 0. The van der Waals surface area contributed by atoms with Crippen LogP contribution in [0.15, 0.2) is 5.10 Å². The molecule has 3 saturated carbocycles. The van der Waals surface area contributed by atoms with Crippen LogP contribution < -0.4 is 5.43 Å². The lowest BCUT2D eigenvalue weighted by atomic mass is 10.0. The molecule has 0 spiro atoms. The Morgan fingerprint density at radius 2 is 1.75 bits per heavy atom. The number of nitrogens with one attached hydrogen (secondary N) is 1. The molecule has 1 amide bonds. The second-order valence-corrected chi connectivity index (χ2v) is 5.64. The number of carbonyl (C=O) groups is 1. The molecule has 3 aliphatic carbocycles. The third-order valence-electron chi connectivity index (χ3n) is 4.47. The van der Waals surface area contributed by atoms with E-state index >= 15 is 0 Å². The maximum absolute atomic E-state index is 11.9. The summed E-state index contributed by atoms with van der Waals surface area (Å²) in [5, 5.41) is 4.22. The van der Waals surface area contributed by atoms with Gasteiger partial charge in [0.25, 0.3) is 0 Å². The summed E-state index contributed by atoms with van der Waals surface area (Å²) in [7, 11) is 0. The van der Waals surface area contributed by atoms with Crippen molar-refractivity contribution >= 4 is 11.6 Å². The molecule has 0 aliphatic heterocycles. The van der Waals surface area contributed by atoms with Gasteiger partial charge in [-0.15, -0.1) is 0 Å². The number of fused-ring (bicyclic) bond motifs is 1. The molecule has 0 radical (unpaired) electrons. The van der Waals surface area contributed by atoms with E-state index in [2.05, 4.69) is 10.5 Å². The van der Waals surface area contributed by atoms with Gasteiger partial charge in [0.1, 0.15) is 0 Å². The summed E-state index contributed by atoms with van der Waals surface area (Å²) in [6.07, 6.45) is 7.65. The predicted octanol–water partition coefficient (Wildman–Crippen LogP) is 2.32. The van der Waals surface area contributed by atoms with Gasteiger partial charge in [-0.1, -0.05) is 12.8 Å². The van der Waals surface area contributed by atoms with E-state index in [-0.39, 0.29) is 5.91 Å². The average molecular weight is 220 g/mol. The fourth-order valence-electron chi connectivity index (χ4n) is 3.19. The van der Waals surface area contributed by atoms with E-state index in [1.807, 2.05) is 6.92 Å². The number of hydrazone groups is 1. The zero-order valence-corrected chi connectivity index (χ0v) is 9.91. The minimum atomic E-state index is 0.178. The first-order valence-electron chi connectivity index (χ1n) is 6.61. The standard InChI is InChI=1S/C13H20N2O/c1-8(9-6-7-9)14-15-13(16)12-10-4-2-3-5-11(10)12/h9-12H,2-7H2,1H3,(H,15,16)/t10-,11+,12?. The van der Waals surface area contributed by atoms with Crippen LogP contribution in [0.4, 0.5) is 0 Å². The van der Waals surface area contributed by atoms with Crippen LogP contribution in [0.3, 0.4) is 0 Å². The molecule has 0 saturated heterocycles. The molecule has 1 N–H and O–H groups in total. The summed E-state index contributed by atoms with van der Waals surface area (Å²) in [4.78, 5) is 11.9. The Morgan fingerprint density at radius 1 is 1.12 bits per heavy atom. The smallest absolute Gasteiger partial charge is 0.243 e. The summed E-state index contributed by atoms with van der Waals surface area (Å²) in [6.45, 7) is 2.03. The molecule has 0 aromatic heterocycles. The van der Waals surface area contributed by atoms with Crippen molar-refractivity contribution in [3.8, 4) is 0 Å². The monoisotopic (exact) mass is 220 g/mol. The van der Waals surface area contributed by atoms with Crippen LogP contribution in [-0.2, 0) is 4.79 Å². The molecular formula is C13H20N2O. The minimum absolute atomic E-state index is 0.178. The first-order chi connectivity index (χ1) is 7.77. The Hall–Kier alpha value is -0.860. The molecule has 0 aromatic carbocycles. The highest BCUT2D eigenvalue weighted by Crippen LogP contribution is 2.55. The molecule has 0 aromatic rings. The van der Waals surface area contributed by atoms with Gasteiger partial charge < -0.3 is 0 Å². The number of amides is 1. The van der Waals surface area contributed by atoms with Gasteiger partial charge >= 0.3 is 0 Å². The third-order valence-corrected chi connectivity index (χ3v) is 4.47. The van der Waals surface area contributed by atoms with E-state index in [1.165, 1.54) is 38.5 Å². The molecule has 3 fully saturated rings. The van der Waals surface area contributed by atoms with Crippen molar-refractivity contribution < 1.29 is 4.79 Å². The van der Waals surface area contributed by atoms with E-state index in [1.54, 1.807) is 0 Å². The van der Waals surface area contributed by atoms with Crippen LogP contribution in [-0.4, -0.2) is 11.6 Å². The van der Waals surface area contributed by atoms with Crippen LogP contribution in [0.1, 0.15) is 45.4 Å². The lowest BCUT2D eigenvalue weighted by Crippen LogP contribution is -2.22. The maximum Gasteiger partial charge on any atom is 0.243 e. The molecule has 0 bridgehead atoms. The Balaban J connectivity index is 1.52. The summed E-state index contributed by atoms with van der Waals surface area (Å²) in [5.41, 5.74) is 3.88. The van der Waals surface area contributed by atoms with Crippen molar-refractivity contribution in [2.45, 2.75) is 45.4 Å². The molecule has 3 nitrogen and oxygen atoms in total. The molecule has 16 heavy (non-hydrogen) atoms. The molecule has 3 aliphatic rings. The van der Waals surface area contributed by atoms with Crippen molar-refractivity contribution in [2.24, 2.45) is 28.8 Å². The van der Waals surface area contributed by atoms with E-state index in [0.29, 0.717) is 23.7 Å². The largest absolute Gasteiger partial charge is 0.273 e. The third kappa shape index (κ3) is 1.87. The van der Waals surface area contributed by atoms with Crippen molar-refractivity contribution in [2.75, 3.05) is 0 Å². The van der Waals surface area contributed by atoms with Gasteiger partial charge in [0.05, 0.1) is 0 Å². The lowest BCUT2D eigenvalue weighted by molar-refractivity contribution is -0.122. The maximum atomic E-state index is 11.9. The van der Waals surface area contributed by atoms with Gasteiger partial charge in [0.2, 0.25) is 5.91 Å². The van der Waals surface area contributed by atoms with Crippen molar-refractivity contribution in [3.63, 3.8) is 0 Å². The highest BCUT2D eigenvalue weighted by Gasteiger charge is 2.54. The summed E-state index contributed by atoms with van der Waals surface area (Å²) < 4.78 is 0. The van der Waals surface area contributed by atoms with Gasteiger partial charge in [0, 0.05) is 11.6 Å². The van der Waals surface area contributed by atoms with Crippen LogP contribution in [0.5, 0.6) is 0 Å². The molecule has 0 heterocycles. The quantitative estimate of drug-likeness (QED) is 0.575. The van der Waals surface area contributed by atoms with E-state index < -0.39 is 0 Å². The highest BCUT2D eigenvalue weighted by atomic mass is 16.2. The minimum Gasteiger partial charge on any atom is -0.273 e. The van der Waals surface area contributed by atoms with Gasteiger partial charge in [-0.3, -0.25) is 4.79 Å². The number of hydrogen-bond donors (Lipinski definition) is 1. The Bertz CT molecular complexity index is 321. The molecular weight excluding hydrogens is 200 g/mol. The van der Waals surface area contributed by atoms with E-state index in [4.69, 9.17) is 0 Å². The van der Waals surface area contributed by atoms with Crippen LogP contribution in [0.2, 0.25) is 0 Å². The van der Waals surface area contributed by atoms with Gasteiger partial charge in [-0.05, 0) is 50.4 Å². The second-order valence-electron chi connectivity index (χ2n) is 5.64. The van der Waals surface area contributed by atoms with Crippen molar-refractivity contribution in [3.05, 3.63) is 0 Å². The van der Waals surface area contributed by atoms with Gasteiger partial charge in [-0.2, -0.15) is 5.10 Å². The molecule has 3 atom stereocenters. The number of rotatable bonds is 3. The molecule has 3 heteroatoms. The number of nitrogens with zero attached hydrogens (tertiary/aromatic N) is 1. The van der Waals surface area contributed by atoms with Gasteiger partial charge in [0.15, 0.2) is 0 Å². The number of hydrogen-bond acceptors (Lipinski definition) is 2. The highest BCUT2D eigenvalue weighted by molar-refractivity contribution is 5.89. The van der Waals surface area contributed by atoms with E-state index in [0.717, 1.165) is 5.71 Å². The first kappa shape index (κ1) is 10.3. The first-order valence-corrected chi connectivity index (χ1v) is 6.61. The topological polar surface area (TPSA) is 41.5 Å². The SMILES string of the molecule is CC(=NNC(=O)C1[C@H]2CCCC[C@@H]12)C1CC1. The van der Waals surface area contributed by atoms with Crippen molar-refractivity contribution in [1.29, 1.82) is 0 Å². The fraction of sp³-hybridized carbons (Fsp3) is 0.846. The molecule has 3 rings (SSSR count). The van der Waals surface area contributed by atoms with Crippen LogP contribution >= 0.6 is 0 Å². The number of carbonyl (C=O) groups excluding carboxylic acids is 1. The summed E-state index contributed by atoms with van der Waals surface area (Å²) in [5.74, 6) is 2.49. The van der Waals surface area contributed by atoms with E-state index in [9.17, 15) is 4.79 Å². The van der Waals surface area contributed by atoms with Crippen LogP contribution in [0.25, 0.3) is 0 Å². The fourth-order valence-corrected chi connectivity index (χ4v) is 3.19. The predicted molar refractivity (Wildman–Crippen MR) is 62.9 cm³/mol. The van der Waals surface area contributed by atoms with Crippen LogP contribution in [0, 0.1) is 23.7 Å². The zero-order valence-electron chi connectivity index (χ0n) is 9.91. The molecule has 1 unspecified atom stereocenters. The normalized spacial score (nSPS) is 37.8. The lowest BCUT2D eigenvalue weighted by Gasteiger charge is -2.04. The zero-order chi connectivity index (χ0) is 11.1. The average Bonchev–Trinajstić information content (AvgIpc) is 3.16. The Kier molecular flexibility index (Phi) is 2.49. The second kappa shape index (κ2) is 3.86. The Morgan fingerprint density at radius 3 is 2.31 bits per heavy atom.